The molecule has 0 saturated carbocycles. The molecule has 3 aliphatic rings. The number of hydrogen-bond acceptors (Lipinski definition) is 7. The molecular weight excluding hydrogens is 454 g/mol. The molecule has 6 rings (SSSR count). The van der Waals surface area contributed by atoms with Crippen LogP contribution in [0.15, 0.2) is 52.0 Å². The van der Waals surface area contributed by atoms with Crippen LogP contribution in [0.2, 0.25) is 0 Å². The van der Waals surface area contributed by atoms with Gasteiger partial charge in [0.05, 0.1) is 4.90 Å². The molecule has 0 spiro atoms. The van der Waals surface area contributed by atoms with E-state index in [2.05, 4.69) is 19.6 Å². The number of halogens is 4. The lowest BCUT2D eigenvalue weighted by Gasteiger charge is -2.55. The number of piperidine rings is 1. The first kappa shape index (κ1) is 20.8. The third-order valence-corrected chi connectivity index (χ3v) is 7.53. The summed E-state index contributed by atoms with van der Waals surface area (Å²) in [5, 5.41) is 3.33. The second kappa shape index (κ2) is 7.24. The van der Waals surface area contributed by atoms with Crippen molar-refractivity contribution in [3.63, 3.8) is 0 Å². The van der Waals surface area contributed by atoms with Gasteiger partial charge in [-0.15, -0.1) is 0 Å². The van der Waals surface area contributed by atoms with Gasteiger partial charge in [0.2, 0.25) is 15.8 Å². The number of nitrogens with zero attached hydrogens (tertiary/aromatic N) is 5. The first-order valence-corrected chi connectivity index (χ1v) is 11.0. The van der Waals surface area contributed by atoms with Gasteiger partial charge in [0.1, 0.15) is 11.6 Å². The number of fused-ring (bicyclic) bond motifs is 2. The van der Waals surface area contributed by atoms with Crippen LogP contribution in [-0.4, -0.2) is 53.0 Å². The largest absolute Gasteiger partial charge is 0.471 e. The number of alkyl halides is 3. The fourth-order valence-corrected chi connectivity index (χ4v) is 5.86. The molecule has 2 unspecified atom stereocenters. The molecule has 168 valence electrons. The zero-order chi connectivity index (χ0) is 22.7. The van der Waals surface area contributed by atoms with E-state index >= 15 is 0 Å². The van der Waals surface area contributed by atoms with E-state index < -0.39 is 27.9 Å². The van der Waals surface area contributed by atoms with Crippen LogP contribution in [-0.2, 0) is 16.2 Å². The summed E-state index contributed by atoms with van der Waals surface area (Å²) < 4.78 is 82.5. The van der Waals surface area contributed by atoms with Crippen molar-refractivity contribution in [2.75, 3.05) is 18.0 Å². The minimum absolute atomic E-state index is 0.0443. The molecule has 2 bridgehead atoms. The van der Waals surface area contributed by atoms with E-state index in [-0.39, 0.29) is 28.4 Å². The van der Waals surface area contributed by atoms with Gasteiger partial charge in [0, 0.05) is 36.9 Å². The molecule has 3 saturated heterocycles. The highest BCUT2D eigenvalue weighted by Crippen LogP contribution is 2.39. The number of benzene rings is 1. The zero-order valence-corrected chi connectivity index (χ0v) is 17.0. The lowest BCUT2D eigenvalue weighted by atomic mass is 9.91. The average molecular weight is 469 g/mol. The Morgan fingerprint density at radius 3 is 2.28 bits per heavy atom. The van der Waals surface area contributed by atoms with Gasteiger partial charge in [-0.25, -0.2) is 17.8 Å². The van der Waals surface area contributed by atoms with Crippen LogP contribution >= 0.6 is 0 Å². The Bertz CT molecular complexity index is 1230. The summed E-state index contributed by atoms with van der Waals surface area (Å²) in [6.45, 7) is 0.813. The number of pyridine rings is 1. The van der Waals surface area contributed by atoms with Crippen LogP contribution in [0.1, 0.15) is 12.3 Å². The summed E-state index contributed by atoms with van der Waals surface area (Å²) in [6, 6.07) is 7.36. The van der Waals surface area contributed by atoms with Gasteiger partial charge in [-0.05, 0) is 42.8 Å². The maximum absolute atomic E-state index is 13.1. The molecular formula is C19H15F4N5O3S. The molecule has 0 aliphatic carbocycles. The minimum Gasteiger partial charge on any atom is -0.353 e. The summed E-state index contributed by atoms with van der Waals surface area (Å²) in [4.78, 5) is 9.56. The standard InChI is InChI=1S/C19H15F4N5O3S/c20-12-2-4-15(5-3-12)32(29,30)28-13-7-14(28)10-27(9-13)16-6-1-11(8-24-16)17-25-18(31-26-17)19(21,22)23/h1-6,8,13-14H,7,9-10H2. The summed E-state index contributed by atoms with van der Waals surface area (Å²) in [5.41, 5.74) is 0.260. The zero-order valence-electron chi connectivity index (χ0n) is 16.2. The van der Waals surface area contributed by atoms with Gasteiger partial charge in [-0.3, -0.25) is 0 Å². The Hall–Kier alpha value is -3.06. The second-order valence-electron chi connectivity index (χ2n) is 7.56. The molecule has 32 heavy (non-hydrogen) atoms. The van der Waals surface area contributed by atoms with E-state index in [9.17, 15) is 26.0 Å². The molecule has 0 amide bonds. The molecule has 3 aliphatic heterocycles. The van der Waals surface area contributed by atoms with Crippen molar-refractivity contribution in [2.24, 2.45) is 0 Å². The third kappa shape index (κ3) is 3.50. The number of piperazine rings is 1. The second-order valence-corrected chi connectivity index (χ2v) is 9.41. The minimum atomic E-state index is -4.73. The van der Waals surface area contributed by atoms with Crippen LogP contribution in [0.4, 0.5) is 23.4 Å². The SMILES string of the molecule is O=S(=O)(c1ccc(F)cc1)N1C2CC1CN(c1ccc(-c3noc(C(F)(F)F)n3)cn1)C2. The molecule has 8 nitrogen and oxygen atoms in total. The molecule has 1 aromatic carbocycles. The van der Waals surface area contributed by atoms with Crippen LogP contribution in [0.3, 0.4) is 0 Å². The molecule has 0 N–H and O–H groups in total. The molecule has 13 heteroatoms. The highest BCUT2D eigenvalue weighted by atomic mass is 32.2. The quantitative estimate of drug-likeness (QED) is 0.543. The van der Waals surface area contributed by atoms with Crippen molar-refractivity contribution in [2.45, 2.75) is 29.6 Å². The summed E-state index contributed by atoms with van der Waals surface area (Å²) in [6.07, 6.45) is -2.68. The van der Waals surface area contributed by atoms with E-state index in [0.717, 1.165) is 12.1 Å². The van der Waals surface area contributed by atoms with E-state index in [1.54, 1.807) is 6.07 Å². The summed E-state index contributed by atoms with van der Waals surface area (Å²) in [5.74, 6) is -1.62. The topological polar surface area (TPSA) is 92.4 Å². The number of hydrogen-bond donors (Lipinski definition) is 0. The van der Waals surface area contributed by atoms with Gasteiger partial charge in [-0.2, -0.15) is 22.5 Å². The van der Waals surface area contributed by atoms with E-state index in [1.807, 2.05) is 4.90 Å². The Kier molecular flexibility index (Phi) is 4.71. The number of rotatable bonds is 4. The van der Waals surface area contributed by atoms with Crippen LogP contribution < -0.4 is 4.90 Å². The first-order valence-electron chi connectivity index (χ1n) is 9.54. The van der Waals surface area contributed by atoms with Crippen molar-refractivity contribution in [1.82, 2.24) is 19.4 Å². The maximum atomic E-state index is 13.1. The van der Waals surface area contributed by atoms with E-state index in [1.165, 1.54) is 28.7 Å². The Labute approximate surface area is 179 Å². The smallest absolute Gasteiger partial charge is 0.353 e. The van der Waals surface area contributed by atoms with Gasteiger partial charge in [0.25, 0.3) is 0 Å². The molecule has 2 aromatic heterocycles. The van der Waals surface area contributed by atoms with Crippen LogP contribution in [0.5, 0.6) is 0 Å². The maximum Gasteiger partial charge on any atom is 0.471 e. The van der Waals surface area contributed by atoms with Crippen molar-refractivity contribution in [3.8, 4) is 11.4 Å². The van der Waals surface area contributed by atoms with Crippen LogP contribution in [0, 0.1) is 5.82 Å². The van der Waals surface area contributed by atoms with Gasteiger partial charge in [-0.1, -0.05) is 5.16 Å². The number of anilines is 1. The Balaban J connectivity index is 1.30. The normalized spacial score (nSPS) is 21.4. The van der Waals surface area contributed by atoms with Crippen molar-refractivity contribution < 1.29 is 30.5 Å². The lowest BCUT2D eigenvalue weighted by Crippen LogP contribution is -2.70. The summed E-state index contributed by atoms with van der Waals surface area (Å²) in [7, 11) is -3.74. The van der Waals surface area contributed by atoms with E-state index in [0.29, 0.717) is 25.3 Å². The molecule has 5 heterocycles. The average Bonchev–Trinajstić information content (AvgIpc) is 3.25. The highest BCUT2D eigenvalue weighted by molar-refractivity contribution is 7.89. The fraction of sp³-hybridized carbons (Fsp3) is 0.316. The predicted octanol–water partition coefficient (Wildman–Crippen LogP) is 2.94. The van der Waals surface area contributed by atoms with Gasteiger partial charge >= 0.3 is 12.1 Å². The van der Waals surface area contributed by atoms with Crippen molar-refractivity contribution in [1.29, 1.82) is 0 Å². The monoisotopic (exact) mass is 469 g/mol. The van der Waals surface area contributed by atoms with Gasteiger partial charge < -0.3 is 9.42 Å². The third-order valence-electron chi connectivity index (χ3n) is 5.51. The van der Waals surface area contributed by atoms with E-state index in [4.69, 9.17) is 0 Å². The van der Waals surface area contributed by atoms with Crippen LogP contribution in [0.25, 0.3) is 11.4 Å². The van der Waals surface area contributed by atoms with Gasteiger partial charge in [0.15, 0.2) is 0 Å². The first-order chi connectivity index (χ1) is 15.1. The summed E-state index contributed by atoms with van der Waals surface area (Å²) >= 11 is 0. The Morgan fingerprint density at radius 2 is 1.72 bits per heavy atom. The lowest BCUT2D eigenvalue weighted by molar-refractivity contribution is -0.159. The Morgan fingerprint density at radius 1 is 1.03 bits per heavy atom. The molecule has 2 atom stereocenters. The highest BCUT2D eigenvalue weighted by Gasteiger charge is 2.51. The number of sulfonamides is 1. The molecule has 3 fully saturated rings. The van der Waals surface area contributed by atoms with Crippen molar-refractivity contribution in [3.05, 3.63) is 54.3 Å². The predicted molar refractivity (Wildman–Crippen MR) is 102 cm³/mol. The molecule has 0 radical (unpaired) electrons. The molecule has 3 aromatic rings. The number of aromatic nitrogens is 3. The fourth-order valence-electron chi connectivity index (χ4n) is 4.04. The van der Waals surface area contributed by atoms with Crippen molar-refractivity contribution >= 4 is 15.8 Å².